The number of aromatic nitrogens is 2. The van der Waals surface area contributed by atoms with Crippen LogP contribution in [-0.2, 0) is 0 Å². The fourth-order valence-electron chi connectivity index (χ4n) is 1.61. The molecule has 0 aromatic carbocycles. The Morgan fingerprint density at radius 1 is 1.37 bits per heavy atom. The zero-order chi connectivity index (χ0) is 14.3. The SMILES string of the molecule is CCNC(=O)c1ccc(NCC(C)(C)CCN)nn1. The molecule has 6 nitrogen and oxygen atoms in total. The van der Waals surface area contributed by atoms with E-state index in [0.29, 0.717) is 24.6 Å². The summed E-state index contributed by atoms with van der Waals surface area (Å²) in [6.07, 6.45) is 0.935. The Morgan fingerprint density at radius 2 is 2.11 bits per heavy atom. The van der Waals surface area contributed by atoms with E-state index in [0.717, 1.165) is 13.0 Å². The molecule has 0 unspecified atom stereocenters. The van der Waals surface area contributed by atoms with Crippen LogP contribution >= 0.6 is 0 Å². The molecule has 6 heteroatoms. The lowest BCUT2D eigenvalue weighted by Crippen LogP contribution is -2.27. The van der Waals surface area contributed by atoms with Crippen molar-refractivity contribution in [3.05, 3.63) is 17.8 Å². The summed E-state index contributed by atoms with van der Waals surface area (Å²) < 4.78 is 0. The molecule has 0 saturated heterocycles. The van der Waals surface area contributed by atoms with Crippen molar-refractivity contribution in [3.63, 3.8) is 0 Å². The normalized spacial score (nSPS) is 11.2. The Labute approximate surface area is 114 Å². The van der Waals surface area contributed by atoms with E-state index >= 15 is 0 Å². The molecule has 1 aromatic rings. The van der Waals surface area contributed by atoms with E-state index in [1.54, 1.807) is 12.1 Å². The summed E-state index contributed by atoms with van der Waals surface area (Å²) in [5.41, 5.74) is 6.00. The molecule has 0 fully saturated rings. The van der Waals surface area contributed by atoms with E-state index in [9.17, 15) is 4.79 Å². The van der Waals surface area contributed by atoms with Crippen LogP contribution in [0.2, 0.25) is 0 Å². The summed E-state index contributed by atoms with van der Waals surface area (Å²) in [6.45, 7) is 8.15. The highest BCUT2D eigenvalue weighted by molar-refractivity contribution is 5.92. The summed E-state index contributed by atoms with van der Waals surface area (Å²) in [4.78, 5) is 11.5. The van der Waals surface area contributed by atoms with Gasteiger partial charge in [0.05, 0.1) is 0 Å². The topological polar surface area (TPSA) is 92.9 Å². The fraction of sp³-hybridized carbons (Fsp3) is 0.615. The van der Waals surface area contributed by atoms with Crippen LogP contribution in [0.4, 0.5) is 5.82 Å². The highest BCUT2D eigenvalue weighted by Crippen LogP contribution is 2.19. The molecule has 19 heavy (non-hydrogen) atoms. The zero-order valence-corrected chi connectivity index (χ0v) is 11.9. The molecule has 4 N–H and O–H groups in total. The van der Waals surface area contributed by atoms with Gasteiger partial charge in [0.25, 0.3) is 5.91 Å². The second-order valence-corrected chi connectivity index (χ2v) is 5.22. The molecule has 0 atom stereocenters. The van der Waals surface area contributed by atoms with E-state index in [-0.39, 0.29) is 11.3 Å². The molecule has 0 aliphatic rings. The summed E-state index contributed by atoms with van der Waals surface area (Å²) in [5, 5.41) is 13.8. The Bertz CT molecular complexity index is 402. The molecule has 1 amide bonds. The van der Waals surface area contributed by atoms with Gasteiger partial charge in [0.2, 0.25) is 0 Å². The number of carbonyl (C=O) groups is 1. The number of nitrogens with zero attached hydrogens (tertiary/aromatic N) is 2. The standard InChI is InChI=1S/C13H23N5O/c1-4-15-12(19)10-5-6-11(18-17-10)16-9-13(2,3)7-8-14/h5-6H,4,7-9,14H2,1-3H3,(H,15,19)(H,16,18). The van der Waals surface area contributed by atoms with Crippen LogP contribution in [-0.4, -0.2) is 35.7 Å². The van der Waals surface area contributed by atoms with Gasteiger partial charge in [0.15, 0.2) is 5.69 Å². The van der Waals surface area contributed by atoms with E-state index in [2.05, 4.69) is 34.7 Å². The second-order valence-electron chi connectivity index (χ2n) is 5.22. The van der Waals surface area contributed by atoms with Crippen LogP contribution in [0.5, 0.6) is 0 Å². The third-order valence-electron chi connectivity index (χ3n) is 2.80. The second kappa shape index (κ2) is 7.04. The van der Waals surface area contributed by atoms with Crippen molar-refractivity contribution in [3.8, 4) is 0 Å². The van der Waals surface area contributed by atoms with Crippen molar-refractivity contribution in [2.45, 2.75) is 27.2 Å². The number of carbonyl (C=O) groups excluding carboxylic acids is 1. The monoisotopic (exact) mass is 265 g/mol. The maximum atomic E-state index is 11.5. The molecule has 106 valence electrons. The summed E-state index contributed by atoms with van der Waals surface area (Å²) in [5.74, 6) is 0.461. The van der Waals surface area contributed by atoms with Crippen LogP contribution < -0.4 is 16.4 Å². The van der Waals surface area contributed by atoms with Gasteiger partial charge in [-0.15, -0.1) is 10.2 Å². The largest absolute Gasteiger partial charge is 0.368 e. The van der Waals surface area contributed by atoms with Gasteiger partial charge in [0.1, 0.15) is 5.82 Å². The number of hydrogen-bond donors (Lipinski definition) is 3. The highest BCUT2D eigenvalue weighted by Gasteiger charge is 2.16. The number of anilines is 1. The number of nitrogens with two attached hydrogens (primary N) is 1. The van der Waals surface area contributed by atoms with E-state index in [4.69, 9.17) is 5.73 Å². The first kappa shape index (κ1) is 15.4. The molecular formula is C13H23N5O. The first-order valence-corrected chi connectivity index (χ1v) is 6.54. The van der Waals surface area contributed by atoms with Crippen molar-refractivity contribution in [2.24, 2.45) is 11.1 Å². The quantitative estimate of drug-likeness (QED) is 0.684. The fourth-order valence-corrected chi connectivity index (χ4v) is 1.61. The molecule has 1 rings (SSSR count). The average Bonchev–Trinajstić information content (AvgIpc) is 2.37. The maximum absolute atomic E-state index is 11.5. The van der Waals surface area contributed by atoms with E-state index in [1.807, 2.05) is 6.92 Å². The van der Waals surface area contributed by atoms with Crippen molar-refractivity contribution in [1.82, 2.24) is 15.5 Å². The van der Waals surface area contributed by atoms with Gasteiger partial charge < -0.3 is 16.4 Å². The highest BCUT2D eigenvalue weighted by atomic mass is 16.1. The Hall–Kier alpha value is -1.69. The van der Waals surface area contributed by atoms with Crippen molar-refractivity contribution in [1.29, 1.82) is 0 Å². The smallest absolute Gasteiger partial charge is 0.271 e. The summed E-state index contributed by atoms with van der Waals surface area (Å²) in [7, 11) is 0. The van der Waals surface area contributed by atoms with Gasteiger partial charge in [-0.1, -0.05) is 13.8 Å². The van der Waals surface area contributed by atoms with Gasteiger partial charge in [0, 0.05) is 13.1 Å². The zero-order valence-electron chi connectivity index (χ0n) is 11.9. The molecule has 0 aliphatic heterocycles. The van der Waals surface area contributed by atoms with Gasteiger partial charge in [-0.3, -0.25) is 4.79 Å². The summed E-state index contributed by atoms with van der Waals surface area (Å²) >= 11 is 0. The van der Waals surface area contributed by atoms with Gasteiger partial charge in [-0.05, 0) is 37.4 Å². The Balaban J connectivity index is 2.55. The molecule has 1 aromatic heterocycles. The molecule has 0 radical (unpaired) electrons. The number of amides is 1. The van der Waals surface area contributed by atoms with E-state index in [1.165, 1.54) is 0 Å². The van der Waals surface area contributed by atoms with Crippen molar-refractivity contribution >= 4 is 11.7 Å². The van der Waals surface area contributed by atoms with E-state index < -0.39 is 0 Å². The third kappa shape index (κ3) is 5.21. The van der Waals surface area contributed by atoms with Crippen LogP contribution in [0, 0.1) is 5.41 Å². The van der Waals surface area contributed by atoms with Crippen LogP contribution in [0.3, 0.4) is 0 Å². The number of rotatable bonds is 7. The van der Waals surface area contributed by atoms with Gasteiger partial charge in [-0.25, -0.2) is 0 Å². The van der Waals surface area contributed by atoms with Crippen molar-refractivity contribution in [2.75, 3.05) is 25.0 Å². The third-order valence-corrected chi connectivity index (χ3v) is 2.80. The average molecular weight is 265 g/mol. The molecule has 0 aliphatic carbocycles. The Morgan fingerprint density at radius 3 is 2.63 bits per heavy atom. The minimum atomic E-state index is -0.204. The van der Waals surface area contributed by atoms with Gasteiger partial charge in [-0.2, -0.15) is 0 Å². The lowest BCUT2D eigenvalue weighted by atomic mass is 9.89. The van der Waals surface area contributed by atoms with Crippen LogP contribution in [0.1, 0.15) is 37.7 Å². The maximum Gasteiger partial charge on any atom is 0.271 e. The number of hydrogen-bond acceptors (Lipinski definition) is 5. The molecular weight excluding hydrogens is 242 g/mol. The predicted octanol–water partition coefficient (Wildman–Crippen LogP) is 1.01. The lowest BCUT2D eigenvalue weighted by molar-refractivity contribution is 0.0950. The predicted molar refractivity (Wildman–Crippen MR) is 76.0 cm³/mol. The molecule has 0 spiro atoms. The summed E-state index contributed by atoms with van der Waals surface area (Å²) in [6, 6.07) is 3.42. The van der Waals surface area contributed by atoms with Crippen LogP contribution in [0.15, 0.2) is 12.1 Å². The van der Waals surface area contributed by atoms with Crippen molar-refractivity contribution < 1.29 is 4.79 Å². The minimum Gasteiger partial charge on any atom is -0.368 e. The van der Waals surface area contributed by atoms with Crippen LogP contribution in [0.25, 0.3) is 0 Å². The minimum absolute atomic E-state index is 0.106. The first-order chi connectivity index (χ1) is 8.98. The lowest BCUT2D eigenvalue weighted by Gasteiger charge is -2.24. The van der Waals surface area contributed by atoms with Gasteiger partial charge >= 0.3 is 0 Å². The molecule has 0 bridgehead atoms. The Kier molecular flexibility index (Phi) is 5.69. The molecule has 1 heterocycles. The first-order valence-electron chi connectivity index (χ1n) is 6.54. The molecule has 0 saturated carbocycles. The number of nitrogens with one attached hydrogen (secondary N) is 2.